The van der Waals surface area contributed by atoms with Crippen LogP contribution in [-0.4, -0.2) is 66.5 Å². The van der Waals surface area contributed by atoms with Crippen LogP contribution in [0.4, 0.5) is 0 Å². The Kier molecular flexibility index (Phi) is 11.9. The number of carbonyl (C=O) groups is 6. The summed E-state index contributed by atoms with van der Waals surface area (Å²) in [5.74, 6) is -5.87. The van der Waals surface area contributed by atoms with Crippen LogP contribution in [0.5, 0.6) is 0 Å². The van der Waals surface area contributed by atoms with Crippen LogP contribution in [0.25, 0.3) is 33.0 Å². The monoisotopic (exact) mass is 700 g/mol. The van der Waals surface area contributed by atoms with Crippen molar-refractivity contribution in [2.24, 2.45) is 0 Å². The largest absolute Gasteiger partial charge is 0.478 e. The van der Waals surface area contributed by atoms with Gasteiger partial charge in [-0.25, -0.2) is 28.8 Å². The molecule has 0 aliphatic rings. The number of rotatable bonds is 8. The lowest BCUT2D eigenvalue weighted by atomic mass is 10.0. The van der Waals surface area contributed by atoms with Gasteiger partial charge in [-0.15, -0.1) is 0 Å². The van der Waals surface area contributed by atoms with Crippen LogP contribution in [-0.2, 0) is 0 Å². The van der Waals surface area contributed by atoms with E-state index in [2.05, 4.69) is 0 Å². The molecule has 0 amide bonds. The van der Waals surface area contributed by atoms with Gasteiger partial charge >= 0.3 is 35.8 Å². The van der Waals surface area contributed by atoms with Crippen LogP contribution in [0.15, 0.2) is 133 Å². The van der Waals surface area contributed by atoms with E-state index >= 15 is 0 Å². The Morgan fingerprint density at radius 2 is 0.423 bits per heavy atom. The fraction of sp³-hybridized carbons (Fsp3) is 0. The average molecular weight is 701 g/mol. The standard InChI is InChI=1S/2C14H10O4.C12H8O4/c2*15-13(16)11-5-1-9(2-6-11)10-3-7-12(8-4-10)14(17)18;13-11(14)9-3-1-7-5-10(12(15)16)4-2-8(7)6-9/h2*1-8H,(H,15,16)(H,17,18);1-6H,(H,13,14)(H,15,16). The number of benzene rings is 6. The highest BCUT2D eigenvalue weighted by molar-refractivity contribution is 5.98. The van der Waals surface area contributed by atoms with E-state index in [0.29, 0.717) is 10.8 Å². The molecule has 260 valence electrons. The Morgan fingerprint density at radius 3 is 0.596 bits per heavy atom. The maximum atomic E-state index is 10.7. The van der Waals surface area contributed by atoms with Gasteiger partial charge < -0.3 is 30.6 Å². The first kappa shape index (κ1) is 37.2. The molecule has 0 radical (unpaired) electrons. The first-order valence-corrected chi connectivity index (χ1v) is 15.1. The molecule has 0 spiro atoms. The molecule has 0 bridgehead atoms. The predicted octanol–water partition coefficient (Wildman–Crippen LogP) is 7.74. The fourth-order valence-electron chi connectivity index (χ4n) is 4.73. The molecule has 0 aliphatic carbocycles. The summed E-state index contributed by atoms with van der Waals surface area (Å²) in [5.41, 5.74) is 4.65. The van der Waals surface area contributed by atoms with Gasteiger partial charge in [-0.05, 0) is 106 Å². The van der Waals surface area contributed by atoms with E-state index in [1.807, 2.05) is 0 Å². The highest BCUT2D eigenvalue weighted by Crippen LogP contribution is 2.22. The van der Waals surface area contributed by atoms with Gasteiger partial charge in [0.1, 0.15) is 0 Å². The van der Waals surface area contributed by atoms with Crippen LogP contribution >= 0.6 is 0 Å². The minimum absolute atomic E-state index is 0.190. The summed E-state index contributed by atoms with van der Waals surface area (Å²) in [6, 6.07) is 34.8. The van der Waals surface area contributed by atoms with Crippen LogP contribution in [0, 0.1) is 0 Å². The number of carboxylic acids is 6. The van der Waals surface area contributed by atoms with Crippen LogP contribution in [0.2, 0.25) is 0 Å². The molecule has 0 saturated heterocycles. The van der Waals surface area contributed by atoms with E-state index in [1.54, 1.807) is 60.7 Å². The number of aromatic carboxylic acids is 6. The maximum absolute atomic E-state index is 10.7. The first-order chi connectivity index (χ1) is 24.7. The first-order valence-electron chi connectivity index (χ1n) is 15.1. The Bertz CT molecular complexity index is 2000. The molecule has 0 heterocycles. The van der Waals surface area contributed by atoms with Gasteiger partial charge in [0, 0.05) is 0 Å². The van der Waals surface area contributed by atoms with Crippen molar-refractivity contribution in [3.8, 4) is 22.3 Å². The fourth-order valence-corrected chi connectivity index (χ4v) is 4.73. The average Bonchev–Trinajstić information content (AvgIpc) is 3.15. The molecule has 12 heteroatoms. The van der Waals surface area contributed by atoms with Gasteiger partial charge in [-0.1, -0.05) is 60.7 Å². The molecule has 0 unspecified atom stereocenters. The molecular weight excluding hydrogens is 672 g/mol. The summed E-state index contributed by atoms with van der Waals surface area (Å²) in [4.78, 5) is 64.3. The summed E-state index contributed by atoms with van der Waals surface area (Å²) in [6.45, 7) is 0. The van der Waals surface area contributed by atoms with Crippen molar-refractivity contribution < 1.29 is 59.4 Å². The molecule has 0 atom stereocenters. The van der Waals surface area contributed by atoms with Crippen molar-refractivity contribution in [2.45, 2.75) is 0 Å². The Hall–Kier alpha value is -7.60. The van der Waals surface area contributed by atoms with E-state index in [4.69, 9.17) is 30.6 Å². The summed E-state index contributed by atoms with van der Waals surface area (Å²) in [5, 5.41) is 54.1. The highest BCUT2D eigenvalue weighted by atomic mass is 16.4. The second-order valence-corrected chi connectivity index (χ2v) is 10.9. The molecule has 6 rings (SSSR count). The normalized spacial score (nSPS) is 10.1. The van der Waals surface area contributed by atoms with Gasteiger partial charge in [0.15, 0.2) is 0 Å². The van der Waals surface area contributed by atoms with Crippen molar-refractivity contribution in [1.82, 2.24) is 0 Å². The molecule has 12 nitrogen and oxygen atoms in total. The van der Waals surface area contributed by atoms with Gasteiger partial charge in [-0.2, -0.15) is 0 Å². The second-order valence-electron chi connectivity index (χ2n) is 10.9. The van der Waals surface area contributed by atoms with Crippen LogP contribution < -0.4 is 0 Å². The highest BCUT2D eigenvalue weighted by Gasteiger charge is 2.08. The zero-order valence-corrected chi connectivity index (χ0v) is 26.8. The SMILES string of the molecule is O=C(O)c1ccc(-c2ccc(C(=O)O)cc2)cc1.O=C(O)c1ccc(-c2ccc(C(=O)O)cc2)cc1.O=C(O)c1ccc2cc(C(=O)O)ccc2c1. The molecule has 0 aliphatic heterocycles. The summed E-state index contributed by atoms with van der Waals surface area (Å²) < 4.78 is 0. The lowest BCUT2D eigenvalue weighted by Gasteiger charge is -2.03. The van der Waals surface area contributed by atoms with E-state index in [-0.39, 0.29) is 33.4 Å². The number of hydrogen-bond acceptors (Lipinski definition) is 6. The molecule has 52 heavy (non-hydrogen) atoms. The molecule has 6 aromatic carbocycles. The van der Waals surface area contributed by atoms with Gasteiger partial charge in [-0.3, -0.25) is 0 Å². The minimum atomic E-state index is -0.996. The Morgan fingerprint density at radius 1 is 0.250 bits per heavy atom. The van der Waals surface area contributed by atoms with Crippen molar-refractivity contribution in [1.29, 1.82) is 0 Å². The molecule has 6 N–H and O–H groups in total. The van der Waals surface area contributed by atoms with Gasteiger partial charge in [0.05, 0.1) is 33.4 Å². The molecular formula is C40H28O12. The minimum Gasteiger partial charge on any atom is -0.478 e. The Balaban J connectivity index is 0.000000175. The lowest BCUT2D eigenvalue weighted by molar-refractivity contribution is 0.0686. The number of fused-ring (bicyclic) bond motifs is 1. The Labute approximate surface area is 294 Å². The zero-order valence-electron chi connectivity index (χ0n) is 26.8. The topological polar surface area (TPSA) is 224 Å². The molecule has 6 aromatic rings. The molecule has 0 aromatic heterocycles. The van der Waals surface area contributed by atoms with E-state index in [1.165, 1.54) is 72.8 Å². The third-order valence-electron chi connectivity index (χ3n) is 7.53. The maximum Gasteiger partial charge on any atom is 0.335 e. The lowest BCUT2D eigenvalue weighted by Crippen LogP contribution is -1.97. The summed E-state index contributed by atoms with van der Waals surface area (Å²) in [7, 11) is 0. The van der Waals surface area contributed by atoms with E-state index in [9.17, 15) is 28.8 Å². The van der Waals surface area contributed by atoms with Gasteiger partial charge in [0.2, 0.25) is 0 Å². The number of hydrogen-bond donors (Lipinski definition) is 6. The van der Waals surface area contributed by atoms with E-state index in [0.717, 1.165) is 22.3 Å². The van der Waals surface area contributed by atoms with Crippen LogP contribution in [0.3, 0.4) is 0 Å². The summed E-state index contributed by atoms with van der Waals surface area (Å²) >= 11 is 0. The molecule has 0 fully saturated rings. The van der Waals surface area contributed by atoms with Crippen molar-refractivity contribution in [3.63, 3.8) is 0 Å². The van der Waals surface area contributed by atoms with Crippen LogP contribution in [0.1, 0.15) is 62.1 Å². The predicted molar refractivity (Wildman–Crippen MR) is 189 cm³/mol. The van der Waals surface area contributed by atoms with Crippen molar-refractivity contribution >= 4 is 46.6 Å². The quantitative estimate of drug-likeness (QED) is 0.0897. The number of carboxylic acid groups (broad SMARTS) is 6. The third-order valence-corrected chi connectivity index (χ3v) is 7.53. The van der Waals surface area contributed by atoms with Crippen molar-refractivity contribution in [3.05, 3.63) is 167 Å². The second kappa shape index (κ2) is 16.7. The zero-order chi connectivity index (χ0) is 37.9. The molecule has 0 saturated carbocycles. The summed E-state index contributed by atoms with van der Waals surface area (Å²) in [6.07, 6.45) is 0. The van der Waals surface area contributed by atoms with E-state index < -0.39 is 35.8 Å². The van der Waals surface area contributed by atoms with Crippen molar-refractivity contribution in [2.75, 3.05) is 0 Å². The smallest absolute Gasteiger partial charge is 0.335 e. The third kappa shape index (κ3) is 9.74. The van der Waals surface area contributed by atoms with Gasteiger partial charge in [0.25, 0.3) is 0 Å².